The van der Waals surface area contributed by atoms with Gasteiger partial charge in [-0.1, -0.05) is 12.1 Å². The maximum absolute atomic E-state index is 12.2. The predicted octanol–water partition coefficient (Wildman–Crippen LogP) is 0.693. The zero-order valence-electron chi connectivity index (χ0n) is 16.0. The van der Waals surface area contributed by atoms with Crippen molar-refractivity contribution in [2.45, 2.75) is 25.3 Å². The van der Waals surface area contributed by atoms with Crippen molar-refractivity contribution in [3.05, 3.63) is 47.5 Å². The Morgan fingerprint density at radius 2 is 1.37 bits per heavy atom. The number of rotatable bonds is 9. The van der Waals surface area contributed by atoms with E-state index in [1.807, 2.05) is 0 Å². The van der Waals surface area contributed by atoms with Crippen LogP contribution in [0.5, 0.6) is 23.0 Å². The molecule has 160 valence electrons. The Kier molecular flexibility index (Phi) is 7.45. The van der Waals surface area contributed by atoms with Crippen LogP contribution in [0.2, 0.25) is 0 Å². The number of hydrogen-bond donors (Lipinski definition) is 7. The van der Waals surface area contributed by atoms with Gasteiger partial charge in [0.25, 0.3) is 11.8 Å². The van der Waals surface area contributed by atoms with Crippen LogP contribution >= 0.6 is 0 Å². The summed E-state index contributed by atoms with van der Waals surface area (Å²) in [6, 6.07) is 6.90. The Balaban J connectivity index is 1.83. The quantitative estimate of drug-likeness (QED) is 0.231. The van der Waals surface area contributed by atoms with Crippen molar-refractivity contribution in [2.24, 2.45) is 5.73 Å². The average Bonchev–Trinajstić information content (AvgIpc) is 2.70. The summed E-state index contributed by atoms with van der Waals surface area (Å²) in [5.41, 5.74) is 5.05. The molecule has 0 radical (unpaired) electrons. The molecule has 0 aliphatic heterocycles. The molecule has 2 aromatic rings. The maximum atomic E-state index is 12.2. The molecule has 3 amide bonds. The van der Waals surface area contributed by atoms with E-state index in [0.29, 0.717) is 12.8 Å². The molecule has 0 spiro atoms. The predicted molar refractivity (Wildman–Crippen MR) is 106 cm³/mol. The second-order valence-corrected chi connectivity index (χ2v) is 6.53. The SMILES string of the molecule is NC(=O)[C@@H](CCCCNC(=O)c1cccc(O)c1O)NC(=O)c1cccc(O)c1O. The van der Waals surface area contributed by atoms with Gasteiger partial charge >= 0.3 is 0 Å². The molecule has 0 heterocycles. The number of amides is 3. The molecule has 0 fully saturated rings. The molecular formula is C20H23N3O7. The summed E-state index contributed by atoms with van der Waals surface area (Å²) in [7, 11) is 0. The summed E-state index contributed by atoms with van der Waals surface area (Å²) >= 11 is 0. The van der Waals surface area contributed by atoms with E-state index in [9.17, 15) is 34.8 Å². The first kappa shape index (κ1) is 22.3. The number of carbonyl (C=O) groups is 3. The summed E-state index contributed by atoms with van der Waals surface area (Å²) in [6.07, 6.45) is 1.06. The number of phenols is 4. The Hall–Kier alpha value is -3.95. The van der Waals surface area contributed by atoms with Crippen molar-refractivity contribution in [1.29, 1.82) is 0 Å². The van der Waals surface area contributed by atoms with E-state index in [0.717, 1.165) is 0 Å². The number of hydrogen-bond acceptors (Lipinski definition) is 7. The maximum Gasteiger partial charge on any atom is 0.255 e. The minimum atomic E-state index is -1.01. The highest BCUT2D eigenvalue weighted by molar-refractivity contribution is 6.00. The van der Waals surface area contributed by atoms with E-state index in [2.05, 4.69) is 10.6 Å². The molecule has 0 aliphatic carbocycles. The molecule has 0 aromatic heterocycles. The third-order valence-corrected chi connectivity index (χ3v) is 4.37. The molecule has 2 rings (SSSR count). The lowest BCUT2D eigenvalue weighted by molar-refractivity contribution is -0.120. The van der Waals surface area contributed by atoms with E-state index in [4.69, 9.17) is 5.73 Å². The van der Waals surface area contributed by atoms with E-state index in [1.54, 1.807) is 0 Å². The fraction of sp³-hybridized carbons (Fsp3) is 0.250. The van der Waals surface area contributed by atoms with Crippen LogP contribution in [0.15, 0.2) is 36.4 Å². The van der Waals surface area contributed by atoms with Gasteiger partial charge in [-0.3, -0.25) is 14.4 Å². The van der Waals surface area contributed by atoms with Gasteiger partial charge in [0.2, 0.25) is 5.91 Å². The molecule has 8 N–H and O–H groups in total. The molecular weight excluding hydrogens is 394 g/mol. The lowest BCUT2D eigenvalue weighted by Gasteiger charge is -2.16. The Morgan fingerprint density at radius 1 is 0.833 bits per heavy atom. The van der Waals surface area contributed by atoms with Crippen LogP contribution in [0.4, 0.5) is 0 Å². The summed E-state index contributed by atoms with van der Waals surface area (Å²) in [4.78, 5) is 35.9. The minimum absolute atomic E-state index is 0.0665. The first-order chi connectivity index (χ1) is 14.2. The summed E-state index contributed by atoms with van der Waals surface area (Å²) < 4.78 is 0. The van der Waals surface area contributed by atoms with Gasteiger partial charge in [-0.15, -0.1) is 0 Å². The van der Waals surface area contributed by atoms with Crippen molar-refractivity contribution < 1.29 is 34.8 Å². The van der Waals surface area contributed by atoms with Crippen LogP contribution in [-0.4, -0.2) is 50.7 Å². The van der Waals surface area contributed by atoms with Gasteiger partial charge in [0.15, 0.2) is 23.0 Å². The van der Waals surface area contributed by atoms with Crippen LogP contribution in [0.25, 0.3) is 0 Å². The molecule has 0 saturated heterocycles. The first-order valence-corrected chi connectivity index (χ1v) is 9.12. The van der Waals surface area contributed by atoms with E-state index < -0.39 is 46.8 Å². The number of benzene rings is 2. The Bertz CT molecular complexity index is 946. The van der Waals surface area contributed by atoms with Gasteiger partial charge < -0.3 is 36.8 Å². The zero-order chi connectivity index (χ0) is 22.3. The van der Waals surface area contributed by atoms with E-state index in [1.165, 1.54) is 36.4 Å². The fourth-order valence-corrected chi connectivity index (χ4v) is 2.72. The molecule has 0 unspecified atom stereocenters. The standard InChI is InChI=1S/C20H23N3O7/c21-18(28)13(23-20(30)12-6-4-9-15(25)17(12)27)7-1-2-10-22-19(29)11-5-3-8-14(24)16(11)26/h3-6,8-9,13,24-27H,1-2,7,10H2,(H2,21,28)(H,22,29)(H,23,30)/t13-/m1/s1. The van der Waals surface area contributed by atoms with Crippen LogP contribution < -0.4 is 16.4 Å². The van der Waals surface area contributed by atoms with Crippen molar-refractivity contribution in [3.63, 3.8) is 0 Å². The zero-order valence-corrected chi connectivity index (χ0v) is 16.0. The van der Waals surface area contributed by atoms with Crippen LogP contribution in [0.1, 0.15) is 40.0 Å². The molecule has 10 heteroatoms. The van der Waals surface area contributed by atoms with Gasteiger partial charge in [0.1, 0.15) is 6.04 Å². The summed E-state index contributed by atoms with van der Waals surface area (Å²) in [5.74, 6) is -4.08. The van der Waals surface area contributed by atoms with E-state index >= 15 is 0 Å². The van der Waals surface area contributed by atoms with Crippen molar-refractivity contribution in [1.82, 2.24) is 10.6 Å². The Morgan fingerprint density at radius 3 is 1.90 bits per heavy atom. The van der Waals surface area contributed by atoms with Gasteiger partial charge in [-0.05, 0) is 43.5 Å². The number of phenolic OH excluding ortho intramolecular Hbond substituents is 4. The van der Waals surface area contributed by atoms with Crippen molar-refractivity contribution >= 4 is 17.7 Å². The van der Waals surface area contributed by atoms with E-state index in [-0.39, 0.29) is 24.1 Å². The highest BCUT2D eigenvalue weighted by Gasteiger charge is 2.21. The highest BCUT2D eigenvalue weighted by Crippen LogP contribution is 2.28. The number of para-hydroxylation sites is 2. The highest BCUT2D eigenvalue weighted by atomic mass is 16.3. The third-order valence-electron chi connectivity index (χ3n) is 4.37. The molecule has 2 aromatic carbocycles. The summed E-state index contributed by atoms with van der Waals surface area (Å²) in [5, 5.41) is 43.3. The van der Waals surface area contributed by atoms with Crippen LogP contribution in [0.3, 0.4) is 0 Å². The van der Waals surface area contributed by atoms with Crippen molar-refractivity contribution in [2.75, 3.05) is 6.54 Å². The lowest BCUT2D eigenvalue weighted by Crippen LogP contribution is -2.44. The number of carbonyl (C=O) groups excluding carboxylic acids is 3. The van der Waals surface area contributed by atoms with Crippen molar-refractivity contribution in [3.8, 4) is 23.0 Å². The third kappa shape index (κ3) is 5.53. The monoisotopic (exact) mass is 417 g/mol. The van der Waals surface area contributed by atoms with Gasteiger partial charge in [0.05, 0.1) is 11.1 Å². The lowest BCUT2D eigenvalue weighted by atomic mass is 10.1. The molecule has 10 nitrogen and oxygen atoms in total. The number of nitrogens with two attached hydrogens (primary N) is 1. The second kappa shape index (κ2) is 10.0. The van der Waals surface area contributed by atoms with Crippen LogP contribution in [0, 0.1) is 0 Å². The normalized spacial score (nSPS) is 11.5. The van der Waals surface area contributed by atoms with Gasteiger partial charge in [-0.2, -0.15) is 0 Å². The Labute approximate surface area is 172 Å². The summed E-state index contributed by atoms with van der Waals surface area (Å²) in [6.45, 7) is 0.223. The molecule has 0 bridgehead atoms. The second-order valence-electron chi connectivity index (χ2n) is 6.53. The minimum Gasteiger partial charge on any atom is -0.504 e. The largest absolute Gasteiger partial charge is 0.504 e. The molecule has 0 aliphatic rings. The number of primary amides is 1. The van der Waals surface area contributed by atoms with Gasteiger partial charge in [-0.25, -0.2) is 0 Å². The molecule has 1 atom stereocenters. The number of unbranched alkanes of at least 4 members (excludes halogenated alkanes) is 1. The smallest absolute Gasteiger partial charge is 0.255 e. The molecule has 0 saturated carbocycles. The number of nitrogens with one attached hydrogen (secondary N) is 2. The fourth-order valence-electron chi connectivity index (χ4n) is 2.72. The molecule has 30 heavy (non-hydrogen) atoms. The topological polar surface area (TPSA) is 182 Å². The van der Waals surface area contributed by atoms with Crippen LogP contribution in [-0.2, 0) is 4.79 Å². The first-order valence-electron chi connectivity index (χ1n) is 9.12. The van der Waals surface area contributed by atoms with Gasteiger partial charge in [0, 0.05) is 6.54 Å². The average molecular weight is 417 g/mol. The number of aromatic hydroxyl groups is 4.